The zero-order chi connectivity index (χ0) is 20.2. The molecule has 8 nitrogen and oxygen atoms in total. The molecule has 2 rings (SSSR count). The maximum absolute atomic E-state index is 11.6. The van der Waals surface area contributed by atoms with Crippen LogP contribution in [0.2, 0.25) is 0 Å². The summed E-state index contributed by atoms with van der Waals surface area (Å²) < 4.78 is 3.08. The Morgan fingerprint density at radius 3 is 1.57 bits per heavy atom. The Labute approximate surface area is 163 Å². The van der Waals surface area contributed by atoms with Gasteiger partial charge in [0.25, 0.3) is 0 Å². The number of nitrogens with zero attached hydrogens (tertiary/aromatic N) is 4. The number of aryl methyl sites for hydroxylation is 2. The lowest BCUT2D eigenvalue weighted by Crippen LogP contribution is -2.23. The van der Waals surface area contributed by atoms with Gasteiger partial charge in [0, 0.05) is 38.3 Å². The van der Waals surface area contributed by atoms with Crippen molar-refractivity contribution in [3.8, 4) is 23.7 Å². The molecule has 2 heterocycles. The number of hydrogen-bond acceptors (Lipinski definition) is 6. The van der Waals surface area contributed by atoms with Gasteiger partial charge in [0.05, 0.1) is 0 Å². The van der Waals surface area contributed by atoms with E-state index in [4.69, 9.17) is 11.5 Å². The van der Waals surface area contributed by atoms with Crippen LogP contribution in [-0.2, 0) is 13.1 Å². The van der Waals surface area contributed by atoms with Crippen molar-refractivity contribution in [3.05, 3.63) is 45.5 Å². The molecule has 146 valence electrons. The molecule has 8 heteroatoms. The van der Waals surface area contributed by atoms with Crippen molar-refractivity contribution in [3.63, 3.8) is 0 Å². The summed E-state index contributed by atoms with van der Waals surface area (Å²) >= 11 is 0. The molecule has 0 fully saturated rings. The first-order valence-corrected chi connectivity index (χ1v) is 9.18. The number of unbranched alkanes of at least 4 members (excludes halogenated alkanes) is 4. The van der Waals surface area contributed by atoms with Crippen molar-refractivity contribution in [1.29, 1.82) is 0 Å². The van der Waals surface area contributed by atoms with Gasteiger partial charge in [-0.15, -0.1) is 0 Å². The lowest BCUT2D eigenvalue weighted by molar-refractivity contribution is 0.589. The second-order valence-corrected chi connectivity index (χ2v) is 6.17. The molecule has 0 atom stereocenters. The standard InChI is InChI=1S/C20H24N6O2/c21-17-11-15-25(19(27)23-17)13-9-7-5-3-1-2-4-6-8-10-14-26-16-12-18(22)24-20(26)28/h11-12,15-16H,5-10,13-14H2,(H2,21,23,27)(H2,22,24,28). The van der Waals surface area contributed by atoms with Crippen LogP contribution >= 0.6 is 0 Å². The maximum Gasteiger partial charge on any atom is 0.349 e. The van der Waals surface area contributed by atoms with Crippen molar-refractivity contribution in [2.75, 3.05) is 11.5 Å². The quantitative estimate of drug-likeness (QED) is 0.521. The van der Waals surface area contributed by atoms with Gasteiger partial charge in [0.1, 0.15) is 11.6 Å². The van der Waals surface area contributed by atoms with E-state index in [1.807, 2.05) is 0 Å². The van der Waals surface area contributed by atoms with Gasteiger partial charge in [0.15, 0.2) is 0 Å². The first-order valence-electron chi connectivity index (χ1n) is 9.18. The van der Waals surface area contributed by atoms with E-state index >= 15 is 0 Å². The maximum atomic E-state index is 11.6. The van der Waals surface area contributed by atoms with Gasteiger partial charge in [-0.2, -0.15) is 9.97 Å². The Balaban J connectivity index is 1.56. The molecule has 2 aromatic rings. The summed E-state index contributed by atoms with van der Waals surface area (Å²) in [6.07, 6.45) is 8.23. The average Bonchev–Trinajstić information content (AvgIpc) is 2.65. The van der Waals surface area contributed by atoms with Crippen molar-refractivity contribution in [1.82, 2.24) is 19.1 Å². The predicted molar refractivity (Wildman–Crippen MR) is 109 cm³/mol. The van der Waals surface area contributed by atoms with Crippen molar-refractivity contribution >= 4 is 11.6 Å². The molecule has 0 radical (unpaired) electrons. The van der Waals surface area contributed by atoms with E-state index in [0.29, 0.717) is 13.1 Å². The second kappa shape index (κ2) is 11.2. The first-order chi connectivity index (χ1) is 13.6. The summed E-state index contributed by atoms with van der Waals surface area (Å²) in [6, 6.07) is 3.23. The van der Waals surface area contributed by atoms with Gasteiger partial charge in [-0.25, -0.2) is 9.59 Å². The lowest BCUT2D eigenvalue weighted by Gasteiger charge is -2.03. The van der Waals surface area contributed by atoms with Gasteiger partial charge >= 0.3 is 11.4 Å². The second-order valence-electron chi connectivity index (χ2n) is 6.17. The molecule has 0 aliphatic carbocycles. The summed E-state index contributed by atoms with van der Waals surface area (Å²) in [7, 11) is 0. The predicted octanol–water partition coefficient (Wildman–Crippen LogP) is 1.01. The van der Waals surface area contributed by atoms with Crippen LogP contribution in [0, 0.1) is 23.7 Å². The minimum atomic E-state index is -0.325. The fraction of sp³-hybridized carbons (Fsp3) is 0.400. The highest BCUT2D eigenvalue weighted by Crippen LogP contribution is 1.99. The zero-order valence-corrected chi connectivity index (χ0v) is 15.7. The number of anilines is 2. The molecule has 2 aromatic heterocycles. The Kier molecular flexibility index (Phi) is 8.35. The molecule has 0 amide bonds. The van der Waals surface area contributed by atoms with Crippen LogP contribution in [0.3, 0.4) is 0 Å². The van der Waals surface area contributed by atoms with Gasteiger partial charge < -0.3 is 11.5 Å². The lowest BCUT2D eigenvalue weighted by atomic mass is 10.2. The summed E-state index contributed by atoms with van der Waals surface area (Å²) in [5.41, 5.74) is 10.3. The van der Waals surface area contributed by atoms with E-state index in [0.717, 1.165) is 38.5 Å². The smallest absolute Gasteiger partial charge is 0.349 e. The van der Waals surface area contributed by atoms with E-state index in [1.54, 1.807) is 24.5 Å². The van der Waals surface area contributed by atoms with Crippen LogP contribution in [0.1, 0.15) is 38.5 Å². The van der Waals surface area contributed by atoms with Gasteiger partial charge in [-0.1, -0.05) is 11.8 Å². The fourth-order valence-corrected chi connectivity index (χ4v) is 2.43. The van der Waals surface area contributed by atoms with Crippen LogP contribution in [0.5, 0.6) is 0 Å². The molecule has 0 aromatic carbocycles. The Hall–Kier alpha value is -3.52. The third-order valence-corrected chi connectivity index (χ3v) is 3.93. The molecular weight excluding hydrogens is 356 g/mol. The first kappa shape index (κ1) is 20.8. The molecule has 0 aliphatic rings. The minimum Gasteiger partial charge on any atom is -0.383 e. The monoisotopic (exact) mass is 380 g/mol. The van der Waals surface area contributed by atoms with Gasteiger partial charge in [-0.3, -0.25) is 9.13 Å². The van der Waals surface area contributed by atoms with Crippen LogP contribution in [-0.4, -0.2) is 19.1 Å². The summed E-state index contributed by atoms with van der Waals surface area (Å²) in [5.74, 6) is 12.2. The normalized spacial score (nSPS) is 9.86. The molecule has 0 unspecified atom stereocenters. The summed E-state index contributed by atoms with van der Waals surface area (Å²) in [6.45, 7) is 1.21. The summed E-state index contributed by atoms with van der Waals surface area (Å²) in [5, 5.41) is 0. The van der Waals surface area contributed by atoms with Crippen molar-refractivity contribution < 1.29 is 0 Å². The third kappa shape index (κ3) is 7.38. The highest BCUT2D eigenvalue weighted by atomic mass is 16.1. The molecule has 0 bridgehead atoms. The van der Waals surface area contributed by atoms with Gasteiger partial charge in [-0.05, 0) is 49.7 Å². The molecular formula is C20H24N6O2. The van der Waals surface area contributed by atoms with E-state index in [1.165, 1.54) is 9.13 Å². The highest BCUT2D eigenvalue weighted by molar-refractivity contribution is 5.26. The van der Waals surface area contributed by atoms with E-state index < -0.39 is 0 Å². The highest BCUT2D eigenvalue weighted by Gasteiger charge is 1.98. The zero-order valence-electron chi connectivity index (χ0n) is 15.7. The van der Waals surface area contributed by atoms with E-state index in [9.17, 15) is 9.59 Å². The molecule has 0 spiro atoms. The Morgan fingerprint density at radius 1 is 0.750 bits per heavy atom. The average molecular weight is 380 g/mol. The number of rotatable bonds is 8. The van der Waals surface area contributed by atoms with Gasteiger partial charge in [0.2, 0.25) is 0 Å². The minimum absolute atomic E-state index is 0.238. The summed E-state index contributed by atoms with van der Waals surface area (Å²) in [4.78, 5) is 30.5. The molecule has 0 saturated heterocycles. The fourth-order valence-electron chi connectivity index (χ4n) is 2.43. The molecule has 28 heavy (non-hydrogen) atoms. The largest absolute Gasteiger partial charge is 0.383 e. The third-order valence-electron chi connectivity index (χ3n) is 3.93. The molecule has 0 aliphatic heterocycles. The van der Waals surface area contributed by atoms with Crippen LogP contribution in [0.15, 0.2) is 34.1 Å². The molecule has 4 N–H and O–H groups in total. The Morgan fingerprint density at radius 2 is 1.18 bits per heavy atom. The topological polar surface area (TPSA) is 122 Å². The van der Waals surface area contributed by atoms with Crippen LogP contribution < -0.4 is 22.8 Å². The number of hydrogen-bond donors (Lipinski definition) is 2. The SMILES string of the molecule is Nc1ccn(CCCCC#CC#CCCCCn2ccc(N)nc2=O)c(=O)n1. The van der Waals surface area contributed by atoms with E-state index in [-0.39, 0.29) is 23.0 Å². The van der Waals surface area contributed by atoms with Crippen LogP contribution in [0.25, 0.3) is 0 Å². The Bertz CT molecular complexity index is 933. The van der Waals surface area contributed by atoms with Crippen molar-refractivity contribution in [2.24, 2.45) is 0 Å². The van der Waals surface area contributed by atoms with E-state index in [2.05, 4.69) is 33.6 Å². The van der Waals surface area contributed by atoms with Crippen molar-refractivity contribution in [2.45, 2.75) is 51.6 Å². The van der Waals surface area contributed by atoms with Crippen LogP contribution in [0.4, 0.5) is 11.6 Å². The number of nitrogen functional groups attached to an aromatic ring is 2. The number of nitrogens with two attached hydrogens (primary N) is 2. The molecule has 0 saturated carbocycles. The number of aromatic nitrogens is 4.